The maximum Gasteiger partial charge on any atom is 0.416 e. The van der Waals surface area contributed by atoms with Crippen molar-refractivity contribution in [2.45, 2.75) is 22.6 Å². The van der Waals surface area contributed by atoms with Gasteiger partial charge in [0.05, 0.1) is 11.3 Å². The standard InChI is InChI=1S/C26H18F3N3O2S/c27-26(28,29)18-5-4-6-20(13-18)34-16-19-14-24(33)32-25(31-19)23(15-30-32)17-9-11-22(12-10-17)35-21-7-2-1-3-8-21/h1-15,30H,16H2. The van der Waals surface area contributed by atoms with Crippen molar-refractivity contribution in [3.63, 3.8) is 0 Å². The van der Waals surface area contributed by atoms with Gasteiger partial charge in [-0.1, -0.05) is 48.2 Å². The lowest BCUT2D eigenvalue weighted by atomic mass is 10.1. The number of hydrogen-bond acceptors (Lipinski definition) is 4. The molecule has 0 bridgehead atoms. The molecule has 35 heavy (non-hydrogen) atoms. The lowest BCUT2D eigenvalue weighted by Crippen LogP contribution is -2.16. The Morgan fingerprint density at radius 2 is 1.66 bits per heavy atom. The molecule has 0 radical (unpaired) electrons. The highest BCUT2D eigenvalue weighted by Crippen LogP contribution is 2.32. The molecule has 0 unspecified atom stereocenters. The van der Waals surface area contributed by atoms with E-state index in [1.807, 2.05) is 54.6 Å². The molecular formula is C26H18F3N3O2S. The van der Waals surface area contributed by atoms with Crippen molar-refractivity contribution in [1.29, 1.82) is 0 Å². The maximum absolute atomic E-state index is 12.9. The van der Waals surface area contributed by atoms with Crippen LogP contribution in [0.25, 0.3) is 16.8 Å². The number of halogens is 3. The monoisotopic (exact) mass is 493 g/mol. The third kappa shape index (κ3) is 5.09. The van der Waals surface area contributed by atoms with E-state index in [2.05, 4.69) is 10.1 Å². The smallest absolute Gasteiger partial charge is 0.416 e. The van der Waals surface area contributed by atoms with Crippen LogP contribution in [0, 0.1) is 0 Å². The molecular weight excluding hydrogens is 475 g/mol. The molecule has 3 aromatic carbocycles. The van der Waals surface area contributed by atoms with Gasteiger partial charge in [0.15, 0.2) is 5.65 Å². The fraction of sp³-hybridized carbons (Fsp3) is 0.0769. The molecule has 2 aromatic heterocycles. The van der Waals surface area contributed by atoms with E-state index in [4.69, 9.17) is 4.74 Å². The Morgan fingerprint density at radius 3 is 2.40 bits per heavy atom. The zero-order valence-electron chi connectivity index (χ0n) is 18.1. The minimum Gasteiger partial charge on any atom is -0.487 e. The largest absolute Gasteiger partial charge is 0.487 e. The van der Waals surface area contributed by atoms with Crippen molar-refractivity contribution in [1.82, 2.24) is 14.6 Å². The molecule has 0 spiro atoms. The van der Waals surface area contributed by atoms with Crippen molar-refractivity contribution >= 4 is 17.4 Å². The molecule has 5 aromatic rings. The first-order valence-corrected chi connectivity index (χ1v) is 11.4. The Morgan fingerprint density at radius 1 is 0.914 bits per heavy atom. The number of alkyl halides is 3. The predicted octanol–water partition coefficient (Wildman–Crippen LogP) is 6.44. The SMILES string of the molecule is O=c1cc(COc2cccc(C(F)(F)F)c2)nc2c(-c3ccc(Sc4ccccc4)cc3)c[nH]n12. The van der Waals surface area contributed by atoms with Crippen LogP contribution in [-0.4, -0.2) is 14.6 Å². The van der Waals surface area contributed by atoms with E-state index in [1.54, 1.807) is 18.0 Å². The van der Waals surface area contributed by atoms with Gasteiger partial charge in [0.25, 0.3) is 5.56 Å². The van der Waals surface area contributed by atoms with Crippen LogP contribution in [0.1, 0.15) is 11.3 Å². The number of H-pyrrole nitrogens is 1. The average molecular weight is 494 g/mol. The second-order valence-electron chi connectivity index (χ2n) is 7.69. The van der Waals surface area contributed by atoms with Gasteiger partial charge in [0.2, 0.25) is 0 Å². The summed E-state index contributed by atoms with van der Waals surface area (Å²) in [5.74, 6) is 0.0441. The van der Waals surface area contributed by atoms with Gasteiger partial charge in [-0.2, -0.15) is 13.2 Å². The summed E-state index contributed by atoms with van der Waals surface area (Å²) in [6, 6.07) is 23.8. The average Bonchev–Trinajstić information content (AvgIpc) is 3.28. The summed E-state index contributed by atoms with van der Waals surface area (Å²) in [6.07, 6.45) is -2.77. The van der Waals surface area contributed by atoms with Crippen LogP contribution in [0.15, 0.2) is 106 Å². The van der Waals surface area contributed by atoms with E-state index >= 15 is 0 Å². The Balaban J connectivity index is 1.38. The summed E-state index contributed by atoms with van der Waals surface area (Å²) < 4.78 is 45.7. The molecule has 2 heterocycles. The second kappa shape index (κ2) is 9.34. The van der Waals surface area contributed by atoms with Gasteiger partial charge in [-0.05, 0) is 48.0 Å². The molecule has 0 aliphatic heterocycles. The number of nitrogens with one attached hydrogen (secondary N) is 1. The summed E-state index contributed by atoms with van der Waals surface area (Å²) in [6.45, 7) is -0.148. The van der Waals surface area contributed by atoms with Crippen molar-refractivity contribution < 1.29 is 17.9 Å². The van der Waals surface area contributed by atoms with Gasteiger partial charge in [0, 0.05) is 27.6 Å². The van der Waals surface area contributed by atoms with Crippen LogP contribution in [0.4, 0.5) is 13.2 Å². The third-order valence-electron chi connectivity index (χ3n) is 5.24. The third-order valence-corrected chi connectivity index (χ3v) is 6.26. The topological polar surface area (TPSA) is 59.4 Å². The van der Waals surface area contributed by atoms with Crippen LogP contribution in [0.5, 0.6) is 5.75 Å². The van der Waals surface area contributed by atoms with Crippen molar-refractivity contribution in [2.75, 3.05) is 0 Å². The van der Waals surface area contributed by atoms with Crippen molar-refractivity contribution in [3.05, 3.63) is 113 Å². The normalized spacial score (nSPS) is 11.6. The number of aromatic nitrogens is 3. The number of hydrogen-bond donors (Lipinski definition) is 1. The summed E-state index contributed by atoms with van der Waals surface area (Å²) >= 11 is 1.64. The van der Waals surface area contributed by atoms with Crippen molar-refractivity contribution in [3.8, 4) is 16.9 Å². The van der Waals surface area contributed by atoms with E-state index in [0.717, 1.165) is 33.1 Å². The summed E-state index contributed by atoms with van der Waals surface area (Å²) in [7, 11) is 0. The number of benzene rings is 3. The highest BCUT2D eigenvalue weighted by Gasteiger charge is 2.30. The maximum atomic E-state index is 12.9. The molecule has 0 aliphatic carbocycles. The number of aromatic amines is 1. The van der Waals surface area contributed by atoms with Gasteiger partial charge in [0.1, 0.15) is 12.4 Å². The Bertz CT molecular complexity index is 1530. The Hall–Kier alpha value is -3.98. The van der Waals surface area contributed by atoms with Crippen molar-refractivity contribution in [2.24, 2.45) is 0 Å². The fourth-order valence-corrected chi connectivity index (χ4v) is 4.40. The van der Waals surface area contributed by atoms with Gasteiger partial charge >= 0.3 is 6.18 Å². The lowest BCUT2D eigenvalue weighted by Gasteiger charge is -2.10. The fourth-order valence-electron chi connectivity index (χ4n) is 3.56. The zero-order valence-corrected chi connectivity index (χ0v) is 18.9. The van der Waals surface area contributed by atoms with Gasteiger partial charge in [-0.3, -0.25) is 9.89 Å². The van der Waals surface area contributed by atoms with Crippen LogP contribution in [0.2, 0.25) is 0 Å². The molecule has 0 aliphatic rings. The number of ether oxygens (including phenoxy) is 1. The molecule has 0 atom stereocenters. The highest BCUT2D eigenvalue weighted by atomic mass is 32.2. The van der Waals surface area contributed by atoms with E-state index in [9.17, 15) is 18.0 Å². The quantitative estimate of drug-likeness (QED) is 0.296. The first-order chi connectivity index (χ1) is 16.9. The number of rotatable bonds is 6. The molecule has 5 rings (SSSR count). The van der Waals surface area contributed by atoms with E-state index in [0.29, 0.717) is 11.3 Å². The van der Waals surface area contributed by atoms with Crippen LogP contribution in [0.3, 0.4) is 0 Å². The van der Waals surface area contributed by atoms with Gasteiger partial charge in [-0.15, -0.1) is 0 Å². The van der Waals surface area contributed by atoms with Gasteiger partial charge in [-0.25, -0.2) is 9.50 Å². The Kier molecular flexibility index (Phi) is 6.08. The molecule has 176 valence electrons. The van der Waals surface area contributed by atoms with Crippen LogP contribution in [-0.2, 0) is 12.8 Å². The van der Waals surface area contributed by atoms with E-state index in [1.165, 1.54) is 22.7 Å². The lowest BCUT2D eigenvalue weighted by molar-refractivity contribution is -0.137. The molecule has 0 amide bonds. The zero-order chi connectivity index (χ0) is 24.4. The molecule has 0 fully saturated rings. The van der Waals surface area contributed by atoms with Gasteiger partial charge < -0.3 is 4.74 Å². The molecule has 1 N–H and O–H groups in total. The summed E-state index contributed by atoms with van der Waals surface area (Å²) in [5, 5.41) is 2.91. The first-order valence-electron chi connectivity index (χ1n) is 10.6. The molecule has 0 saturated heterocycles. The molecule has 9 heteroatoms. The first kappa shape index (κ1) is 22.8. The Labute approximate surface area is 202 Å². The number of fused-ring (bicyclic) bond motifs is 1. The van der Waals surface area contributed by atoms with E-state index < -0.39 is 11.7 Å². The minimum atomic E-state index is -4.47. The molecule has 0 saturated carbocycles. The molecule has 5 nitrogen and oxygen atoms in total. The van der Waals surface area contributed by atoms with Crippen LogP contribution < -0.4 is 10.3 Å². The van der Waals surface area contributed by atoms with Crippen LogP contribution >= 0.6 is 11.8 Å². The summed E-state index contributed by atoms with van der Waals surface area (Å²) in [5.41, 5.74) is 1.15. The summed E-state index contributed by atoms with van der Waals surface area (Å²) in [4.78, 5) is 19.3. The predicted molar refractivity (Wildman–Crippen MR) is 128 cm³/mol. The minimum absolute atomic E-state index is 0.0441. The second-order valence-corrected chi connectivity index (χ2v) is 8.83. The highest BCUT2D eigenvalue weighted by molar-refractivity contribution is 7.99. The van der Waals surface area contributed by atoms with E-state index in [-0.39, 0.29) is 17.9 Å². The number of nitrogens with zero attached hydrogens (tertiary/aromatic N) is 2.